The van der Waals surface area contributed by atoms with Crippen LogP contribution in [0.3, 0.4) is 0 Å². The molecule has 0 radical (unpaired) electrons. The minimum Gasteiger partial charge on any atom is -0.307 e. The molecule has 5 heteroatoms. The van der Waals surface area contributed by atoms with Gasteiger partial charge in [-0.3, -0.25) is 4.40 Å². The Morgan fingerprint density at radius 3 is 2.95 bits per heavy atom. The molecule has 0 aliphatic heterocycles. The number of benzene rings is 1. The van der Waals surface area contributed by atoms with Crippen molar-refractivity contribution in [3.05, 3.63) is 57.3 Å². The third-order valence-electron chi connectivity index (χ3n) is 3.25. The van der Waals surface area contributed by atoms with Crippen molar-refractivity contribution < 1.29 is 0 Å². The van der Waals surface area contributed by atoms with Gasteiger partial charge in [-0.1, -0.05) is 23.7 Å². The average Bonchev–Trinajstić information content (AvgIpc) is 2.87. The highest BCUT2D eigenvalue weighted by Crippen LogP contribution is 2.20. The van der Waals surface area contributed by atoms with E-state index in [4.69, 9.17) is 11.6 Å². The first-order chi connectivity index (χ1) is 9.63. The Balaban J connectivity index is 1.72. The summed E-state index contributed by atoms with van der Waals surface area (Å²) in [6, 6.07) is 7.93. The Labute approximate surface area is 127 Å². The Kier molecular flexibility index (Phi) is 3.78. The summed E-state index contributed by atoms with van der Waals surface area (Å²) in [4.78, 5) is 6.94. The fourth-order valence-corrected chi connectivity index (χ4v) is 3.40. The summed E-state index contributed by atoms with van der Waals surface area (Å²) in [6.07, 6.45) is 2.15. The summed E-state index contributed by atoms with van der Waals surface area (Å²) in [5.74, 6) is 0. The monoisotopic (exact) mass is 305 g/mol. The van der Waals surface area contributed by atoms with Gasteiger partial charge >= 0.3 is 0 Å². The third kappa shape index (κ3) is 2.73. The number of thiazole rings is 1. The van der Waals surface area contributed by atoms with E-state index in [9.17, 15) is 0 Å². The predicted molar refractivity (Wildman–Crippen MR) is 84.5 cm³/mol. The molecule has 3 aromatic rings. The fraction of sp³-hybridized carbons (Fsp3) is 0.267. The molecule has 104 valence electrons. The molecule has 0 unspecified atom stereocenters. The SMILES string of the molecule is Cc1cn2c(CNCc3cccc(Cl)c3)c(C)nc2s1. The first-order valence-corrected chi connectivity index (χ1v) is 7.72. The lowest BCUT2D eigenvalue weighted by Crippen LogP contribution is -2.14. The van der Waals surface area contributed by atoms with Crippen molar-refractivity contribution in [1.82, 2.24) is 14.7 Å². The van der Waals surface area contributed by atoms with E-state index < -0.39 is 0 Å². The molecule has 0 saturated carbocycles. The molecule has 0 fully saturated rings. The predicted octanol–water partition coefficient (Wildman–Crippen LogP) is 3.96. The molecule has 1 aromatic carbocycles. The van der Waals surface area contributed by atoms with Crippen molar-refractivity contribution in [2.75, 3.05) is 0 Å². The molecule has 0 aliphatic rings. The largest absolute Gasteiger partial charge is 0.307 e. The second-order valence-corrected chi connectivity index (χ2v) is 6.52. The summed E-state index contributed by atoms with van der Waals surface area (Å²) in [6.45, 7) is 5.77. The molecule has 0 aliphatic carbocycles. The third-order valence-corrected chi connectivity index (χ3v) is 4.38. The molecule has 0 atom stereocenters. The molecule has 0 amide bonds. The van der Waals surface area contributed by atoms with E-state index in [1.54, 1.807) is 11.3 Å². The lowest BCUT2D eigenvalue weighted by Gasteiger charge is -2.06. The van der Waals surface area contributed by atoms with Gasteiger partial charge in [-0.05, 0) is 31.5 Å². The molecular weight excluding hydrogens is 290 g/mol. The van der Waals surface area contributed by atoms with Crippen molar-refractivity contribution in [3.63, 3.8) is 0 Å². The van der Waals surface area contributed by atoms with Crippen LogP contribution in [0.5, 0.6) is 0 Å². The first-order valence-electron chi connectivity index (χ1n) is 6.52. The smallest absolute Gasteiger partial charge is 0.194 e. The van der Waals surface area contributed by atoms with Crippen LogP contribution in [-0.4, -0.2) is 9.38 Å². The minimum atomic E-state index is 0.778. The molecule has 0 bridgehead atoms. The van der Waals surface area contributed by atoms with Gasteiger partial charge in [-0.25, -0.2) is 4.98 Å². The molecule has 3 rings (SSSR count). The number of hydrogen-bond donors (Lipinski definition) is 1. The second-order valence-electron chi connectivity index (χ2n) is 4.87. The van der Waals surface area contributed by atoms with E-state index in [0.29, 0.717) is 0 Å². The lowest BCUT2D eigenvalue weighted by atomic mass is 10.2. The van der Waals surface area contributed by atoms with Crippen LogP contribution in [0.1, 0.15) is 21.8 Å². The van der Waals surface area contributed by atoms with Crippen LogP contribution in [0.25, 0.3) is 4.96 Å². The normalized spacial score (nSPS) is 11.3. The molecule has 0 saturated heterocycles. The van der Waals surface area contributed by atoms with Crippen LogP contribution in [0.15, 0.2) is 30.5 Å². The second kappa shape index (κ2) is 5.56. The maximum absolute atomic E-state index is 5.99. The summed E-state index contributed by atoms with van der Waals surface area (Å²) in [7, 11) is 0. The van der Waals surface area contributed by atoms with Crippen LogP contribution in [0.2, 0.25) is 5.02 Å². The molecule has 1 N–H and O–H groups in total. The van der Waals surface area contributed by atoms with Crippen molar-refractivity contribution in [1.29, 1.82) is 0 Å². The van der Waals surface area contributed by atoms with Gasteiger partial charge in [0.25, 0.3) is 0 Å². The Morgan fingerprint density at radius 1 is 1.30 bits per heavy atom. The van der Waals surface area contributed by atoms with E-state index in [0.717, 1.165) is 28.8 Å². The number of imidazole rings is 1. The molecule has 20 heavy (non-hydrogen) atoms. The zero-order valence-corrected chi connectivity index (χ0v) is 13.1. The van der Waals surface area contributed by atoms with Crippen LogP contribution in [-0.2, 0) is 13.1 Å². The number of nitrogens with one attached hydrogen (secondary N) is 1. The highest BCUT2D eigenvalue weighted by molar-refractivity contribution is 7.17. The maximum atomic E-state index is 5.99. The first kappa shape index (κ1) is 13.6. The number of fused-ring (bicyclic) bond motifs is 1. The number of nitrogens with zero attached hydrogens (tertiary/aromatic N) is 2. The van der Waals surface area contributed by atoms with Crippen molar-refractivity contribution in [3.8, 4) is 0 Å². The molecular formula is C15H16ClN3S. The van der Waals surface area contributed by atoms with Crippen LogP contribution >= 0.6 is 22.9 Å². The number of halogens is 1. The van der Waals surface area contributed by atoms with E-state index in [2.05, 4.69) is 40.8 Å². The average molecular weight is 306 g/mol. The number of hydrogen-bond acceptors (Lipinski definition) is 3. The van der Waals surface area contributed by atoms with Crippen LogP contribution < -0.4 is 5.32 Å². The Bertz CT molecular complexity index is 745. The summed E-state index contributed by atoms with van der Waals surface area (Å²) in [5.41, 5.74) is 3.51. The zero-order valence-electron chi connectivity index (χ0n) is 11.5. The topological polar surface area (TPSA) is 29.3 Å². The van der Waals surface area contributed by atoms with Gasteiger partial charge in [0.2, 0.25) is 0 Å². The van der Waals surface area contributed by atoms with Crippen molar-refractivity contribution >= 4 is 27.9 Å². The van der Waals surface area contributed by atoms with E-state index in [1.165, 1.54) is 16.1 Å². The van der Waals surface area contributed by atoms with Gasteiger partial charge in [0, 0.05) is 29.2 Å². The molecule has 2 aromatic heterocycles. The van der Waals surface area contributed by atoms with Gasteiger partial charge in [0.05, 0.1) is 11.4 Å². The molecule has 3 nitrogen and oxygen atoms in total. The van der Waals surface area contributed by atoms with Crippen LogP contribution in [0.4, 0.5) is 0 Å². The van der Waals surface area contributed by atoms with E-state index >= 15 is 0 Å². The standard InChI is InChI=1S/C15H16ClN3S/c1-10-9-19-14(11(2)18-15(19)20-10)8-17-7-12-4-3-5-13(16)6-12/h3-6,9,17H,7-8H2,1-2H3. The molecule has 2 heterocycles. The zero-order chi connectivity index (χ0) is 14.1. The van der Waals surface area contributed by atoms with Gasteiger partial charge in [0.1, 0.15) is 0 Å². The minimum absolute atomic E-state index is 0.778. The van der Waals surface area contributed by atoms with E-state index in [1.807, 2.05) is 18.2 Å². The number of rotatable bonds is 4. The van der Waals surface area contributed by atoms with Crippen LogP contribution in [0, 0.1) is 13.8 Å². The summed E-state index contributed by atoms with van der Waals surface area (Å²) in [5, 5.41) is 4.24. The summed E-state index contributed by atoms with van der Waals surface area (Å²) >= 11 is 7.71. The Hall–Kier alpha value is -1.36. The highest BCUT2D eigenvalue weighted by atomic mass is 35.5. The highest BCUT2D eigenvalue weighted by Gasteiger charge is 2.10. The van der Waals surface area contributed by atoms with E-state index in [-0.39, 0.29) is 0 Å². The van der Waals surface area contributed by atoms with Gasteiger partial charge < -0.3 is 5.32 Å². The number of aryl methyl sites for hydroxylation is 2. The lowest BCUT2D eigenvalue weighted by molar-refractivity contribution is 0.672. The quantitative estimate of drug-likeness (QED) is 0.790. The van der Waals surface area contributed by atoms with Gasteiger partial charge in [-0.15, -0.1) is 11.3 Å². The number of aromatic nitrogens is 2. The van der Waals surface area contributed by atoms with Crippen molar-refractivity contribution in [2.24, 2.45) is 0 Å². The fourth-order valence-electron chi connectivity index (χ4n) is 2.29. The van der Waals surface area contributed by atoms with Gasteiger partial charge in [-0.2, -0.15) is 0 Å². The Morgan fingerprint density at radius 2 is 2.15 bits per heavy atom. The van der Waals surface area contributed by atoms with Gasteiger partial charge in [0.15, 0.2) is 4.96 Å². The maximum Gasteiger partial charge on any atom is 0.194 e. The summed E-state index contributed by atoms with van der Waals surface area (Å²) < 4.78 is 2.18. The van der Waals surface area contributed by atoms with Crippen molar-refractivity contribution in [2.45, 2.75) is 26.9 Å². The molecule has 0 spiro atoms.